The second-order valence-corrected chi connectivity index (χ2v) is 5.88. The average Bonchev–Trinajstić information content (AvgIpc) is 2.85. The van der Waals surface area contributed by atoms with Crippen LogP contribution in [0.3, 0.4) is 0 Å². The van der Waals surface area contributed by atoms with E-state index in [1.54, 1.807) is 0 Å². The molecule has 2 saturated heterocycles. The maximum absolute atomic E-state index is 12.3. The number of piperidine rings is 1. The maximum Gasteiger partial charge on any atom is 0.239 e. The van der Waals surface area contributed by atoms with Gasteiger partial charge in [-0.2, -0.15) is 0 Å². The number of nitrogens with zero attached hydrogens (tertiary/aromatic N) is 1. The van der Waals surface area contributed by atoms with Crippen LogP contribution in [-0.2, 0) is 4.79 Å². The predicted molar refractivity (Wildman–Crippen MR) is 71.2 cm³/mol. The molecule has 2 atom stereocenters. The standard InChI is InChI=1S/C14H26N2O2/c1-3-14(4-2)5-7-16(8-6-14)13(18)12-9-11(17)10-15-12/h11-12,15,17H,3-10H2,1-2H3. The lowest BCUT2D eigenvalue weighted by atomic mass is 9.74. The second kappa shape index (κ2) is 5.57. The number of carbonyl (C=O) groups excluding carboxylic acids is 1. The van der Waals surface area contributed by atoms with Crippen molar-refractivity contribution >= 4 is 5.91 Å². The number of hydrogen-bond acceptors (Lipinski definition) is 3. The molecule has 2 unspecified atom stereocenters. The summed E-state index contributed by atoms with van der Waals surface area (Å²) in [7, 11) is 0. The van der Waals surface area contributed by atoms with Crippen molar-refractivity contribution < 1.29 is 9.90 Å². The Morgan fingerprint density at radius 1 is 1.33 bits per heavy atom. The molecule has 0 aromatic rings. The lowest BCUT2D eigenvalue weighted by Crippen LogP contribution is -2.49. The zero-order chi connectivity index (χ0) is 13.2. The Morgan fingerprint density at radius 3 is 2.39 bits per heavy atom. The van der Waals surface area contributed by atoms with Gasteiger partial charge in [0, 0.05) is 19.6 Å². The Morgan fingerprint density at radius 2 is 1.94 bits per heavy atom. The molecule has 2 rings (SSSR count). The van der Waals surface area contributed by atoms with E-state index in [0.717, 1.165) is 25.9 Å². The highest BCUT2D eigenvalue weighted by atomic mass is 16.3. The highest BCUT2D eigenvalue weighted by Gasteiger charge is 2.36. The molecule has 104 valence electrons. The van der Waals surface area contributed by atoms with Crippen LogP contribution in [0.4, 0.5) is 0 Å². The first kappa shape index (κ1) is 13.8. The van der Waals surface area contributed by atoms with E-state index < -0.39 is 0 Å². The molecule has 0 aromatic heterocycles. The van der Waals surface area contributed by atoms with Gasteiger partial charge in [-0.3, -0.25) is 4.79 Å². The van der Waals surface area contributed by atoms with Crippen LogP contribution < -0.4 is 5.32 Å². The minimum atomic E-state index is -0.353. The first-order chi connectivity index (χ1) is 8.60. The maximum atomic E-state index is 12.3. The van der Waals surface area contributed by atoms with E-state index in [9.17, 15) is 9.90 Å². The van der Waals surface area contributed by atoms with E-state index in [1.165, 1.54) is 12.8 Å². The van der Waals surface area contributed by atoms with Crippen LogP contribution >= 0.6 is 0 Å². The molecule has 2 aliphatic rings. The van der Waals surface area contributed by atoms with Gasteiger partial charge >= 0.3 is 0 Å². The molecule has 18 heavy (non-hydrogen) atoms. The largest absolute Gasteiger partial charge is 0.392 e. The molecule has 0 saturated carbocycles. The van der Waals surface area contributed by atoms with E-state index in [-0.39, 0.29) is 18.1 Å². The van der Waals surface area contributed by atoms with Gasteiger partial charge in [0.2, 0.25) is 5.91 Å². The van der Waals surface area contributed by atoms with Crippen LogP contribution in [0.5, 0.6) is 0 Å². The molecule has 4 heteroatoms. The van der Waals surface area contributed by atoms with E-state index in [0.29, 0.717) is 18.4 Å². The molecule has 4 nitrogen and oxygen atoms in total. The summed E-state index contributed by atoms with van der Waals surface area (Å²) in [6, 6.07) is -0.157. The highest BCUT2D eigenvalue weighted by molar-refractivity contribution is 5.82. The lowest BCUT2D eigenvalue weighted by Gasteiger charge is -2.41. The van der Waals surface area contributed by atoms with E-state index in [2.05, 4.69) is 19.2 Å². The Bertz CT molecular complexity index is 292. The number of rotatable bonds is 3. The molecule has 0 aliphatic carbocycles. The zero-order valence-corrected chi connectivity index (χ0v) is 11.6. The van der Waals surface area contributed by atoms with Gasteiger partial charge in [-0.1, -0.05) is 26.7 Å². The topological polar surface area (TPSA) is 52.6 Å². The van der Waals surface area contributed by atoms with Crippen LogP contribution in [0.1, 0.15) is 46.0 Å². The van der Waals surface area contributed by atoms with Crippen LogP contribution in [-0.4, -0.2) is 47.7 Å². The molecule has 0 spiro atoms. The smallest absolute Gasteiger partial charge is 0.239 e. The van der Waals surface area contributed by atoms with E-state index in [1.807, 2.05) is 4.90 Å². The quantitative estimate of drug-likeness (QED) is 0.794. The minimum Gasteiger partial charge on any atom is -0.392 e. The molecule has 2 aliphatic heterocycles. The average molecular weight is 254 g/mol. The fourth-order valence-corrected chi connectivity index (χ4v) is 3.28. The van der Waals surface area contributed by atoms with Crippen LogP contribution in [0.25, 0.3) is 0 Å². The number of carbonyl (C=O) groups is 1. The Hall–Kier alpha value is -0.610. The zero-order valence-electron chi connectivity index (χ0n) is 11.6. The number of aliphatic hydroxyl groups excluding tert-OH is 1. The van der Waals surface area contributed by atoms with Crippen LogP contribution in [0, 0.1) is 5.41 Å². The molecule has 2 fully saturated rings. The van der Waals surface area contributed by atoms with Gasteiger partial charge in [0.1, 0.15) is 0 Å². The molecular weight excluding hydrogens is 228 g/mol. The third kappa shape index (κ3) is 2.69. The number of aliphatic hydroxyl groups is 1. The lowest BCUT2D eigenvalue weighted by molar-refractivity contribution is -0.135. The summed E-state index contributed by atoms with van der Waals surface area (Å²) >= 11 is 0. The predicted octanol–water partition coefficient (Wildman–Crippen LogP) is 1.14. The Balaban J connectivity index is 1.87. The van der Waals surface area contributed by atoms with Gasteiger partial charge in [-0.25, -0.2) is 0 Å². The molecule has 2 N–H and O–H groups in total. The fourth-order valence-electron chi connectivity index (χ4n) is 3.28. The normalized spacial score (nSPS) is 31.6. The van der Waals surface area contributed by atoms with Crippen LogP contribution in [0.2, 0.25) is 0 Å². The summed E-state index contributed by atoms with van der Waals surface area (Å²) < 4.78 is 0. The van der Waals surface area contributed by atoms with Crippen molar-refractivity contribution in [1.82, 2.24) is 10.2 Å². The number of nitrogens with one attached hydrogen (secondary N) is 1. The molecule has 2 heterocycles. The van der Waals surface area contributed by atoms with Gasteiger partial charge in [0.15, 0.2) is 0 Å². The SMILES string of the molecule is CCC1(CC)CCN(C(=O)C2CC(O)CN2)CC1. The molecule has 1 amide bonds. The van der Waals surface area contributed by atoms with Crippen molar-refractivity contribution in [2.75, 3.05) is 19.6 Å². The van der Waals surface area contributed by atoms with Gasteiger partial charge in [-0.15, -0.1) is 0 Å². The fraction of sp³-hybridized carbons (Fsp3) is 0.929. The van der Waals surface area contributed by atoms with Crippen molar-refractivity contribution in [1.29, 1.82) is 0 Å². The number of likely N-dealkylation sites (tertiary alicyclic amines) is 1. The first-order valence-electron chi connectivity index (χ1n) is 7.30. The van der Waals surface area contributed by atoms with Crippen molar-refractivity contribution in [2.45, 2.75) is 58.1 Å². The van der Waals surface area contributed by atoms with Gasteiger partial charge in [-0.05, 0) is 24.7 Å². The van der Waals surface area contributed by atoms with Crippen molar-refractivity contribution in [3.63, 3.8) is 0 Å². The Labute approximate surface area is 110 Å². The highest BCUT2D eigenvalue weighted by Crippen LogP contribution is 2.38. The summed E-state index contributed by atoms with van der Waals surface area (Å²) in [5, 5.41) is 12.6. The summed E-state index contributed by atoms with van der Waals surface area (Å²) in [5.74, 6) is 0.187. The van der Waals surface area contributed by atoms with Gasteiger partial charge in [0.25, 0.3) is 0 Å². The molecular formula is C14H26N2O2. The van der Waals surface area contributed by atoms with Crippen molar-refractivity contribution in [2.24, 2.45) is 5.41 Å². The number of hydrogen-bond donors (Lipinski definition) is 2. The summed E-state index contributed by atoms with van der Waals surface area (Å²) in [6.07, 6.45) is 4.90. The molecule has 0 radical (unpaired) electrons. The van der Waals surface area contributed by atoms with Crippen molar-refractivity contribution in [3.05, 3.63) is 0 Å². The summed E-state index contributed by atoms with van der Waals surface area (Å²) in [4.78, 5) is 14.3. The van der Waals surface area contributed by atoms with Crippen LogP contribution in [0.15, 0.2) is 0 Å². The third-order valence-electron chi connectivity index (χ3n) is 5.04. The number of amides is 1. The first-order valence-corrected chi connectivity index (χ1v) is 7.30. The Kier molecular flexibility index (Phi) is 4.28. The van der Waals surface area contributed by atoms with E-state index in [4.69, 9.17) is 0 Å². The van der Waals surface area contributed by atoms with E-state index >= 15 is 0 Å². The second-order valence-electron chi connectivity index (χ2n) is 5.88. The monoisotopic (exact) mass is 254 g/mol. The van der Waals surface area contributed by atoms with Gasteiger partial charge in [0.05, 0.1) is 12.1 Å². The minimum absolute atomic E-state index is 0.157. The van der Waals surface area contributed by atoms with Gasteiger partial charge < -0.3 is 15.3 Å². The summed E-state index contributed by atoms with van der Waals surface area (Å²) in [5.41, 5.74) is 0.458. The number of β-amino-alcohol motifs (C(OH)–C–C–N with tert-alkyl or cyclic N) is 1. The van der Waals surface area contributed by atoms with Crippen molar-refractivity contribution in [3.8, 4) is 0 Å². The molecule has 0 bridgehead atoms. The molecule has 0 aromatic carbocycles. The summed E-state index contributed by atoms with van der Waals surface area (Å²) in [6.45, 7) is 6.84. The third-order valence-corrected chi connectivity index (χ3v) is 5.04.